The lowest BCUT2D eigenvalue weighted by Crippen LogP contribution is -2.04. The zero-order valence-electron chi connectivity index (χ0n) is 40.4. The average molecular weight is 962 g/mol. The molecule has 0 aliphatic carbocycles. The fourth-order valence-corrected chi connectivity index (χ4v) is 11.6. The first-order valence-electron chi connectivity index (χ1n) is 25.0. The van der Waals surface area contributed by atoms with Gasteiger partial charge in [-0.25, -0.2) is 9.97 Å². The number of rotatable bonds is 11. The van der Waals surface area contributed by atoms with Crippen molar-refractivity contribution in [2.75, 3.05) is 0 Å². The van der Waals surface area contributed by atoms with E-state index in [0.717, 1.165) is 93.7 Å². The first-order valence-corrected chi connectivity index (χ1v) is 25.8. The first kappa shape index (κ1) is 44.5. The molecule has 0 bridgehead atoms. The van der Waals surface area contributed by atoms with Crippen LogP contribution in [0.15, 0.2) is 274 Å². The van der Waals surface area contributed by atoms with Crippen molar-refractivity contribution in [1.29, 1.82) is 0 Å². The fourth-order valence-electron chi connectivity index (χ4n) is 10.4. The Hall–Kier alpha value is -9.48. The quantitative estimate of drug-likeness (QED) is 0.121. The molecule has 348 valence electrons. The van der Waals surface area contributed by atoms with Crippen LogP contribution in [0, 0.1) is 0 Å². The second-order valence-electron chi connectivity index (χ2n) is 18.5. The molecule has 0 saturated carbocycles. The molecule has 0 unspecified atom stereocenters. The van der Waals surface area contributed by atoms with Crippen LogP contribution < -0.4 is 0 Å². The molecule has 4 heteroatoms. The van der Waals surface area contributed by atoms with Gasteiger partial charge in [0.25, 0.3) is 0 Å². The van der Waals surface area contributed by atoms with E-state index in [1.165, 1.54) is 32.2 Å². The van der Waals surface area contributed by atoms with E-state index in [0.29, 0.717) is 5.82 Å². The van der Waals surface area contributed by atoms with Gasteiger partial charge in [-0.2, -0.15) is 0 Å². The number of nitrogens with zero attached hydrogens (tertiary/aromatic N) is 3. The van der Waals surface area contributed by atoms with Crippen LogP contribution in [0.4, 0.5) is 0 Å². The summed E-state index contributed by atoms with van der Waals surface area (Å²) in [5.74, 6) is 0.687. The molecule has 0 aliphatic heterocycles. The summed E-state index contributed by atoms with van der Waals surface area (Å²) in [6.07, 6.45) is 8.50. The SMILES string of the molecule is C=C/C(=C\C=C\c1ccccc1)c1cc(-c2nc(-c3ccccc3)nc3c2sc2ccccc23)cc(-c2ccc(-c3ccccc3)cc2)c1-n1c2ccc(-c3ccccc3)cc2c2cc(-c3ccccc3)ccc21. The van der Waals surface area contributed by atoms with E-state index in [1.807, 2.05) is 12.1 Å². The third-order valence-electron chi connectivity index (χ3n) is 14.0. The molecular formula is C70H47N3S. The van der Waals surface area contributed by atoms with Crippen molar-refractivity contribution in [2.24, 2.45) is 0 Å². The molecule has 3 aromatic heterocycles. The Balaban J connectivity index is 1.16. The van der Waals surface area contributed by atoms with Gasteiger partial charge in [0, 0.05) is 43.1 Å². The normalized spacial score (nSPS) is 11.9. The molecule has 3 heterocycles. The Bertz CT molecular complexity index is 4170. The van der Waals surface area contributed by atoms with Gasteiger partial charge >= 0.3 is 0 Å². The van der Waals surface area contributed by atoms with Crippen LogP contribution in [0.2, 0.25) is 0 Å². The van der Waals surface area contributed by atoms with E-state index in [1.54, 1.807) is 11.3 Å². The van der Waals surface area contributed by atoms with Gasteiger partial charge in [-0.15, -0.1) is 11.3 Å². The molecule has 13 aromatic rings. The van der Waals surface area contributed by atoms with Crippen LogP contribution in [-0.4, -0.2) is 14.5 Å². The van der Waals surface area contributed by atoms with Crippen molar-refractivity contribution < 1.29 is 0 Å². The van der Waals surface area contributed by atoms with Gasteiger partial charge in [0.1, 0.15) is 0 Å². The fraction of sp³-hybridized carbons (Fsp3) is 0. The van der Waals surface area contributed by atoms with Gasteiger partial charge in [-0.1, -0.05) is 237 Å². The summed E-state index contributed by atoms with van der Waals surface area (Å²) in [4.78, 5) is 10.9. The topological polar surface area (TPSA) is 30.7 Å². The van der Waals surface area contributed by atoms with Gasteiger partial charge in [-0.3, -0.25) is 0 Å². The molecule has 13 rings (SSSR count). The summed E-state index contributed by atoms with van der Waals surface area (Å²) < 4.78 is 4.71. The minimum Gasteiger partial charge on any atom is -0.308 e. The van der Waals surface area contributed by atoms with Crippen molar-refractivity contribution in [3.8, 4) is 72.8 Å². The summed E-state index contributed by atoms with van der Waals surface area (Å²) in [7, 11) is 0. The Morgan fingerprint density at radius 1 is 0.432 bits per heavy atom. The van der Waals surface area contributed by atoms with E-state index in [-0.39, 0.29) is 0 Å². The van der Waals surface area contributed by atoms with E-state index in [2.05, 4.69) is 272 Å². The van der Waals surface area contributed by atoms with Crippen LogP contribution in [0.1, 0.15) is 11.1 Å². The van der Waals surface area contributed by atoms with Crippen molar-refractivity contribution >= 4 is 65.1 Å². The largest absolute Gasteiger partial charge is 0.308 e. The molecule has 0 aliphatic rings. The van der Waals surface area contributed by atoms with Crippen molar-refractivity contribution in [3.05, 3.63) is 285 Å². The highest BCUT2D eigenvalue weighted by atomic mass is 32.1. The van der Waals surface area contributed by atoms with E-state index in [4.69, 9.17) is 9.97 Å². The third kappa shape index (κ3) is 8.23. The van der Waals surface area contributed by atoms with Gasteiger partial charge < -0.3 is 4.57 Å². The van der Waals surface area contributed by atoms with E-state index >= 15 is 0 Å². The van der Waals surface area contributed by atoms with Crippen molar-refractivity contribution in [1.82, 2.24) is 14.5 Å². The Labute approximate surface area is 434 Å². The van der Waals surface area contributed by atoms with Crippen LogP contribution in [0.5, 0.6) is 0 Å². The highest BCUT2D eigenvalue weighted by Crippen LogP contribution is 2.47. The number of benzene rings is 10. The maximum Gasteiger partial charge on any atom is 0.160 e. The second kappa shape index (κ2) is 19.3. The number of hydrogen-bond acceptors (Lipinski definition) is 3. The molecular weight excluding hydrogens is 915 g/mol. The number of thiophene rings is 1. The zero-order chi connectivity index (χ0) is 49.4. The lowest BCUT2D eigenvalue weighted by molar-refractivity contribution is 1.17. The molecule has 0 spiro atoms. The predicted molar refractivity (Wildman–Crippen MR) is 316 cm³/mol. The maximum absolute atomic E-state index is 5.56. The molecule has 0 fully saturated rings. The van der Waals surface area contributed by atoms with Crippen molar-refractivity contribution in [3.63, 3.8) is 0 Å². The average Bonchev–Trinajstić information content (AvgIpc) is 4.06. The van der Waals surface area contributed by atoms with Gasteiger partial charge in [-0.05, 0) is 92.5 Å². The number of allylic oxidation sites excluding steroid dienone is 4. The molecule has 0 amide bonds. The first-order chi connectivity index (χ1) is 36.6. The molecule has 0 radical (unpaired) electrons. The third-order valence-corrected chi connectivity index (χ3v) is 15.2. The number of fused-ring (bicyclic) bond motifs is 6. The summed E-state index contributed by atoms with van der Waals surface area (Å²) in [6, 6.07) is 89.0. The van der Waals surface area contributed by atoms with E-state index < -0.39 is 0 Å². The maximum atomic E-state index is 5.56. The minimum atomic E-state index is 0.687. The molecule has 10 aromatic carbocycles. The van der Waals surface area contributed by atoms with Crippen LogP contribution >= 0.6 is 11.3 Å². The van der Waals surface area contributed by atoms with Gasteiger partial charge in [0.2, 0.25) is 0 Å². The molecule has 3 nitrogen and oxygen atoms in total. The Kier molecular flexibility index (Phi) is 11.6. The zero-order valence-corrected chi connectivity index (χ0v) is 41.3. The highest BCUT2D eigenvalue weighted by molar-refractivity contribution is 7.26. The summed E-state index contributed by atoms with van der Waals surface area (Å²) in [6.45, 7) is 4.55. The molecule has 0 saturated heterocycles. The highest BCUT2D eigenvalue weighted by Gasteiger charge is 2.25. The Morgan fingerprint density at radius 3 is 1.53 bits per heavy atom. The number of aromatic nitrogens is 3. The van der Waals surface area contributed by atoms with Gasteiger partial charge in [0.05, 0.1) is 32.6 Å². The van der Waals surface area contributed by atoms with Crippen molar-refractivity contribution in [2.45, 2.75) is 0 Å². The van der Waals surface area contributed by atoms with Gasteiger partial charge in [0.15, 0.2) is 5.82 Å². The minimum absolute atomic E-state index is 0.687. The summed E-state index contributed by atoms with van der Waals surface area (Å²) >= 11 is 1.75. The van der Waals surface area contributed by atoms with Crippen LogP contribution in [0.3, 0.4) is 0 Å². The molecule has 74 heavy (non-hydrogen) atoms. The lowest BCUT2D eigenvalue weighted by Gasteiger charge is -2.22. The van der Waals surface area contributed by atoms with Crippen LogP contribution in [-0.2, 0) is 0 Å². The predicted octanol–water partition coefficient (Wildman–Crippen LogP) is 19.2. The standard InChI is InChI=1S/C70H47N3S/c1-2-48(32-20-23-47-21-8-3-9-22-47)59-45-57(66-69-67(58-33-18-19-34-65(58)74-69)72-70(71-66)54-30-16-7-17-31-54)46-60(53-37-35-52(36-38-53)49-24-10-4-11-25-49)68(59)73-63-41-39-55(50-26-12-5-13-27-50)43-61(63)62-44-56(40-42-64(62)73)51-28-14-6-15-29-51/h2-46H,1H2/b23-20+,48-32+. The molecule has 0 N–H and O–H groups in total. The lowest BCUT2D eigenvalue weighted by atomic mass is 9.90. The van der Waals surface area contributed by atoms with Crippen LogP contribution in [0.25, 0.3) is 127 Å². The molecule has 0 atom stereocenters. The summed E-state index contributed by atoms with van der Waals surface area (Å²) in [5, 5.41) is 3.46. The second-order valence-corrected chi connectivity index (χ2v) is 19.6. The Morgan fingerprint density at radius 2 is 0.932 bits per heavy atom. The summed E-state index contributed by atoms with van der Waals surface area (Å²) in [5.41, 5.74) is 19.3. The monoisotopic (exact) mass is 961 g/mol. The van der Waals surface area contributed by atoms with E-state index in [9.17, 15) is 0 Å². The smallest absolute Gasteiger partial charge is 0.160 e. The number of hydrogen-bond donors (Lipinski definition) is 0.